The molecule has 0 saturated carbocycles. The van der Waals surface area contributed by atoms with Crippen molar-refractivity contribution in [3.63, 3.8) is 0 Å². The van der Waals surface area contributed by atoms with Crippen LogP contribution in [0.25, 0.3) is 0 Å². The smallest absolute Gasteiger partial charge is 0.151 e. The van der Waals surface area contributed by atoms with Crippen LogP contribution in [-0.4, -0.2) is 77.7 Å². The SMILES string of the molecule is O=C(O)CCCC1=CCC[Se]1.O=C[C@H](O)[C@H](O)[C@H](O)CO. The molecule has 1 aliphatic heterocycles. The Hall–Kier alpha value is -0.761. The second-order valence-electron chi connectivity index (χ2n) is 4.42. The van der Waals surface area contributed by atoms with E-state index in [0.717, 1.165) is 12.8 Å². The third kappa shape index (κ3) is 9.73. The first kappa shape index (κ1) is 20.2. The predicted octanol–water partition coefficient (Wildman–Crippen LogP) is -1.09. The average Bonchev–Trinajstić information content (AvgIpc) is 2.98. The van der Waals surface area contributed by atoms with Gasteiger partial charge in [0.15, 0.2) is 6.29 Å². The van der Waals surface area contributed by atoms with Crippen molar-refractivity contribution in [1.82, 2.24) is 0 Å². The first-order valence-corrected chi connectivity index (χ1v) is 8.63. The van der Waals surface area contributed by atoms with Crippen molar-refractivity contribution >= 4 is 27.2 Å². The summed E-state index contributed by atoms with van der Waals surface area (Å²) in [5.41, 5.74) is 0. The maximum absolute atomic E-state index is 10.2. The summed E-state index contributed by atoms with van der Waals surface area (Å²) in [6, 6.07) is 0. The van der Waals surface area contributed by atoms with E-state index in [1.807, 2.05) is 0 Å². The summed E-state index contributed by atoms with van der Waals surface area (Å²) in [6.45, 7) is -0.688. The number of carboxylic acid groups (broad SMARTS) is 1. The van der Waals surface area contributed by atoms with E-state index in [2.05, 4.69) is 6.08 Å². The van der Waals surface area contributed by atoms with Crippen molar-refractivity contribution in [1.29, 1.82) is 0 Å². The third-order valence-electron chi connectivity index (χ3n) is 2.66. The van der Waals surface area contributed by atoms with Crippen LogP contribution in [0.1, 0.15) is 25.7 Å². The molecule has 0 aromatic carbocycles. The van der Waals surface area contributed by atoms with Gasteiger partial charge >= 0.3 is 72.4 Å². The van der Waals surface area contributed by atoms with E-state index in [4.69, 9.17) is 25.5 Å². The van der Waals surface area contributed by atoms with Crippen molar-refractivity contribution in [2.24, 2.45) is 0 Å². The molecule has 0 unspecified atom stereocenters. The van der Waals surface area contributed by atoms with Crippen LogP contribution >= 0.6 is 0 Å². The molecule has 0 aromatic heterocycles. The van der Waals surface area contributed by atoms with Crippen molar-refractivity contribution in [3.05, 3.63) is 10.5 Å². The Morgan fingerprint density at radius 2 is 2.05 bits per heavy atom. The molecule has 122 valence electrons. The largest absolute Gasteiger partial charge is 0.394 e. The van der Waals surface area contributed by atoms with Gasteiger partial charge in [-0.25, -0.2) is 0 Å². The molecule has 21 heavy (non-hydrogen) atoms. The Morgan fingerprint density at radius 1 is 1.38 bits per heavy atom. The molecule has 7 nitrogen and oxygen atoms in total. The number of allylic oxidation sites excluding steroid dienone is 2. The number of aliphatic hydroxyl groups is 4. The van der Waals surface area contributed by atoms with Gasteiger partial charge in [0.25, 0.3) is 0 Å². The van der Waals surface area contributed by atoms with E-state index in [1.165, 1.54) is 16.2 Å². The molecule has 1 heterocycles. The van der Waals surface area contributed by atoms with Crippen LogP contribution in [-0.2, 0) is 9.59 Å². The standard InChI is InChI=1S/C8H12O2Se.C5H10O5/c9-8(10)5-1-3-7-4-2-6-11-7;6-1-3(8)5(10)4(9)2-7/h4H,1-3,5-6H2,(H,9,10);1,3-5,7-10H,2H2/t;3-,4+,5-/m.0/s1. The summed E-state index contributed by atoms with van der Waals surface area (Å²) in [6.07, 6.45) is 1.04. The summed E-state index contributed by atoms with van der Waals surface area (Å²) in [5, 5.41) is 43.8. The zero-order valence-electron chi connectivity index (χ0n) is 11.6. The van der Waals surface area contributed by atoms with Crippen molar-refractivity contribution in [2.45, 2.75) is 49.3 Å². The zero-order chi connectivity index (χ0) is 16.3. The van der Waals surface area contributed by atoms with Gasteiger partial charge in [-0.1, -0.05) is 0 Å². The summed E-state index contributed by atoms with van der Waals surface area (Å²) in [5.74, 6) is -0.670. The fourth-order valence-corrected chi connectivity index (χ4v) is 3.62. The molecule has 0 saturated heterocycles. The molecule has 3 atom stereocenters. The number of carboxylic acids is 1. The number of aliphatic hydroxyl groups excluding tert-OH is 4. The molecule has 0 aromatic rings. The molecule has 0 spiro atoms. The van der Waals surface area contributed by atoms with Crippen LogP contribution in [0.4, 0.5) is 0 Å². The maximum Gasteiger partial charge on any atom is 0.151 e. The molecule has 0 radical (unpaired) electrons. The van der Waals surface area contributed by atoms with Gasteiger partial charge in [-0.3, -0.25) is 0 Å². The quantitative estimate of drug-likeness (QED) is 0.271. The Balaban J connectivity index is 0.000000384. The van der Waals surface area contributed by atoms with Crippen LogP contribution in [0.3, 0.4) is 0 Å². The molecule has 5 N–H and O–H groups in total. The van der Waals surface area contributed by atoms with Gasteiger partial charge in [0.05, 0.1) is 6.61 Å². The number of aldehydes is 1. The van der Waals surface area contributed by atoms with Crippen LogP contribution < -0.4 is 0 Å². The molecule has 1 aliphatic rings. The van der Waals surface area contributed by atoms with Gasteiger partial charge in [-0.15, -0.1) is 0 Å². The summed E-state index contributed by atoms with van der Waals surface area (Å²) in [4.78, 5) is 19.9. The predicted molar refractivity (Wildman–Crippen MR) is 75.9 cm³/mol. The second kappa shape index (κ2) is 11.9. The molecular weight excluding hydrogens is 347 g/mol. The number of carbonyl (C=O) groups is 2. The van der Waals surface area contributed by atoms with Crippen LogP contribution in [0.2, 0.25) is 5.32 Å². The monoisotopic (exact) mass is 370 g/mol. The van der Waals surface area contributed by atoms with E-state index in [9.17, 15) is 9.59 Å². The van der Waals surface area contributed by atoms with Gasteiger partial charge in [0, 0.05) is 0 Å². The minimum Gasteiger partial charge on any atom is -0.394 e. The fraction of sp³-hybridized carbons (Fsp3) is 0.692. The number of carbonyl (C=O) groups excluding carboxylic acids is 1. The second-order valence-corrected chi connectivity index (χ2v) is 6.98. The van der Waals surface area contributed by atoms with E-state index < -0.39 is 30.9 Å². The molecule has 0 bridgehead atoms. The zero-order valence-corrected chi connectivity index (χ0v) is 13.3. The molecular formula is C13H22O7Se. The minimum absolute atomic E-state index is 0.0869. The van der Waals surface area contributed by atoms with Crippen molar-refractivity contribution < 1.29 is 35.1 Å². The Labute approximate surface area is 129 Å². The fourth-order valence-electron chi connectivity index (χ4n) is 1.47. The van der Waals surface area contributed by atoms with E-state index >= 15 is 0 Å². The molecule has 0 aliphatic carbocycles. The number of hydrogen-bond acceptors (Lipinski definition) is 6. The normalized spacial score (nSPS) is 18.0. The molecule has 0 amide bonds. The number of rotatable bonds is 8. The van der Waals surface area contributed by atoms with E-state index in [-0.39, 0.29) is 6.29 Å². The van der Waals surface area contributed by atoms with Gasteiger partial charge in [0.2, 0.25) is 0 Å². The number of hydrogen-bond donors (Lipinski definition) is 5. The van der Waals surface area contributed by atoms with Crippen molar-refractivity contribution in [2.75, 3.05) is 6.61 Å². The number of aliphatic carboxylic acids is 1. The Kier molecular flexibility index (Phi) is 11.4. The summed E-state index contributed by atoms with van der Waals surface area (Å²) < 4.78 is 1.53. The van der Waals surface area contributed by atoms with Crippen molar-refractivity contribution in [3.8, 4) is 0 Å². The average molecular weight is 369 g/mol. The van der Waals surface area contributed by atoms with Gasteiger partial charge in [-0.2, -0.15) is 0 Å². The summed E-state index contributed by atoms with van der Waals surface area (Å²) >= 11 is 0.693. The van der Waals surface area contributed by atoms with Crippen LogP contribution in [0.15, 0.2) is 10.5 Å². The van der Waals surface area contributed by atoms with E-state index in [1.54, 1.807) is 0 Å². The van der Waals surface area contributed by atoms with Gasteiger partial charge in [-0.05, 0) is 0 Å². The Bertz CT molecular complexity index is 345. The first-order chi connectivity index (χ1) is 9.92. The summed E-state index contributed by atoms with van der Waals surface area (Å²) in [7, 11) is 0. The minimum atomic E-state index is -1.64. The first-order valence-electron chi connectivity index (χ1n) is 6.56. The molecule has 1 rings (SSSR count). The topological polar surface area (TPSA) is 135 Å². The van der Waals surface area contributed by atoms with Gasteiger partial charge < -0.3 is 25.2 Å². The van der Waals surface area contributed by atoms with E-state index in [0.29, 0.717) is 21.4 Å². The molecule has 8 heteroatoms. The molecule has 0 fully saturated rings. The van der Waals surface area contributed by atoms with Crippen LogP contribution in [0, 0.1) is 0 Å². The van der Waals surface area contributed by atoms with Gasteiger partial charge in [0.1, 0.15) is 18.3 Å². The maximum atomic E-state index is 10.2. The third-order valence-corrected chi connectivity index (χ3v) is 5.14. The Morgan fingerprint density at radius 3 is 2.48 bits per heavy atom. The van der Waals surface area contributed by atoms with Crippen LogP contribution in [0.5, 0.6) is 0 Å².